The van der Waals surface area contributed by atoms with E-state index in [0.717, 1.165) is 27.8 Å². The number of hydrogen-bond donors (Lipinski definition) is 2. The average Bonchev–Trinajstić information content (AvgIpc) is 3.14. The second-order valence-electron chi connectivity index (χ2n) is 7.59. The van der Waals surface area contributed by atoms with Gasteiger partial charge in [0.25, 0.3) is 0 Å². The molecule has 32 heavy (non-hydrogen) atoms. The van der Waals surface area contributed by atoms with Crippen molar-refractivity contribution >= 4 is 46.3 Å². The molecule has 2 aromatic rings. The third kappa shape index (κ3) is 4.10. The number of nitrogens with zero attached hydrogens (tertiary/aromatic N) is 1. The normalized spacial score (nSPS) is 15.5. The molecule has 0 atom stereocenters. The Kier molecular flexibility index (Phi) is 5.96. The Labute approximate surface area is 191 Å². The molecule has 10 heteroatoms. The summed E-state index contributed by atoms with van der Waals surface area (Å²) in [7, 11) is 0. The van der Waals surface area contributed by atoms with E-state index in [1.165, 1.54) is 12.1 Å². The topological polar surface area (TPSA) is 69.6 Å². The molecule has 2 amide bonds. The van der Waals surface area contributed by atoms with E-state index in [1.807, 2.05) is 5.32 Å². The highest BCUT2D eigenvalue weighted by atomic mass is 35.5. The first-order valence-corrected chi connectivity index (χ1v) is 10.4. The molecule has 1 aliphatic heterocycles. The van der Waals surface area contributed by atoms with Gasteiger partial charge in [0.05, 0.1) is 10.0 Å². The zero-order valence-electron chi connectivity index (χ0n) is 16.5. The summed E-state index contributed by atoms with van der Waals surface area (Å²) < 4.78 is 37.5. The zero-order chi connectivity index (χ0) is 23.2. The third-order valence-corrected chi connectivity index (χ3v) is 6.49. The quantitative estimate of drug-likeness (QED) is 0.663. The van der Waals surface area contributed by atoms with Gasteiger partial charge in [-0.05, 0) is 58.9 Å². The minimum Gasteiger partial charge on any atom is -0.387 e. The Balaban J connectivity index is 1.72. The SMILES string of the molecule is O=C(CO)N1CCC2=C(C1)c1c(-c3ccc(NC(=O)C(F)(F)F)cc3)cc(Cl)c(Cl)c1C2. The molecule has 0 bridgehead atoms. The molecule has 0 spiro atoms. The molecule has 5 nitrogen and oxygen atoms in total. The first kappa shape index (κ1) is 22.6. The number of amides is 2. The van der Waals surface area contributed by atoms with Crippen LogP contribution in [0.4, 0.5) is 18.9 Å². The van der Waals surface area contributed by atoms with Crippen molar-refractivity contribution in [2.45, 2.75) is 19.0 Å². The van der Waals surface area contributed by atoms with E-state index in [4.69, 9.17) is 23.2 Å². The van der Waals surface area contributed by atoms with Crippen LogP contribution in [0.25, 0.3) is 16.7 Å². The predicted octanol–water partition coefficient (Wildman–Crippen LogP) is 4.70. The van der Waals surface area contributed by atoms with Crippen LogP contribution in [0.15, 0.2) is 35.9 Å². The molecule has 0 aromatic heterocycles. The fourth-order valence-corrected chi connectivity index (χ4v) is 4.57. The molecule has 1 heterocycles. The Morgan fingerprint density at radius 2 is 1.84 bits per heavy atom. The maximum atomic E-state index is 12.5. The average molecular weight is 485 g/mol. The monoisotopic (exact) mass is 484 g/mol. The van der Waals surface area contributed by atoms with Crippen LogP contribution in [0, 0.1) is 0 Å². The molecule has 0 unspecified atom stereocenters. The summed E-state index contributed by atoms with van der Waals surface area (Å²) in [5.74, 6) is -2.41. The highest BCUT2D eigenvalue weighted by Gasteiger charge is 2.38. The van der Waals surface area contributed by atoms with Crippen LogP contribution in [0.3, 0.4) is 0 Å². The lowest BCUT2D eigenvalue weighted by molar-refractivity contribution is -0.167. The molecular weight excluding hydrogens is 468 g/mol. The van der Waals surface area contributed by atoms with E-state index >= 15 is 0 Å². The minimum atomic E-state index is -4.98. The van der Waals surface area contributed by atoms with Crippen LogP contribution in [0.5, 0.6) is 0 Å². The highest BCUT2D eigenvalue weighted by Crippen LogP contribution is 2.48. The number of carbonyl (C=O) groups excluding carboxylic acids is 2. The first-order chi connectivity index (χ1) is 15.1. The number of aliphatic hydroxyl groups is 1. The fraction of sp³-hybridized carbons (Fsp3) is 0.273. The van der Waals surface area contributed by atoms with E-state index in [9.17, 15) is 27.9 Å². The molecule has 2 aliphatic rings. The van der Waals surface area contributed by atoms with Crippen molar-refractivity contribution in [2.75, 3.05) is 25.0 Å². The van der Waals surface area contributed by atoms with Gasteiger partial charge < -0.3 is 15.3 Å². The number of carbonyl (C=O) groups is 2. The standard InChI is InChI=1S/C22H17Cl2F3N2O3/c23-17-8-14(11-1-3-13(4-2-11)28-21(32)22(25,26)27)19-15(20(17)24)7-12-5-6-29(9-16(12)19)18(31)10-30/h1-4,8,30H,5-7,9-10H2,(H,28,32). The lowest BCUT2D eigenvalue weighted by Gasteiger charge is -2.29. The summed E-state index contributed by atoms with van der Waals surface area (Å²) in [6.07, 6.45) is -3.74. The highest BCUT2D eigenvalue weighted by molar-refractivity contribution is 6.43. The van der Waals surface area contributed by atoms with Gasteiger partial charge in [-0.1, -0.05) is 40.9 Å². The van der Waals surface area contributed by atoms with Gasteiger partial charge in [0.1, 0.15) is 6.61 Å². The molecule has 168 valence electrons. The van der Waals surface area contributed by atoms with Gasteiger partial charge >= 0.3 is 12.1 Å². The predicted molar refractivity (Wildman–Crippen MR) is 115 cm³/mol. The summed E-state index contributed by atoms with van der Waals surface area (Å²) in [5, 5.41) is 11.8. The summed E-state index contributed by atoms with van der Waals surface area (Å²) >= 11 is 12.8. The molecule has 0 radical (unpaired) electrons. The van der Waals surface area contributed by atoms with Gasteiger partial charge in [-0.15, -0.1) is 0 Å². The van der Waals surface area contributed by atoms with Gasteiger partial charge in [0.2, 0.25) is 5.91 Å². The molecule has 4 rings (SSSR count). The van der Waals surface area contributed by atoms with E-state index in [2.05, 4.69) is 0 Å². The van der Waals surface area contributed by atoms with Gasteiger partial charge in [-0.3, -0.25) is 9.59 Å². The van der Waals surface area contributed by atoms with Crippen molar-refractivity contribution in [3.8, 4) is 11.1 Å². The number of benzene rings is 2. The smallest absolute Gasteiger partial charge is 0.387 e. The molecule has 2 aromatic carbocycles. The van der Waals surface area contributed by atoms with E-state index in [1.54, 1.807) is 23.1 Å². The maximum absolute atomic E-state index is 12.5. The number of halogens is 5. The Morgan fingerprint density at radius 3 is 2.47 bits per heavy atom. The Morgan fingerprint density at radius 1 is 1.16 bits per heavy atom. The second kappa shape index (κ2) is 8.42. The first-order valence-electron chi connectivity index (χ1n) is 9.69. The second-order valence-corrected chi connectivity index (χ2v) is 8.37. The molecule has 0 saturated heterocycles. The lowest BCUT2D eigenvalue weighted by atomic mass is 9.92. The van der Waals surface area contributed by atoms with Crippen LogP contribution < -0.4 is 5.32 Å². The van der Waals surface area contributed by atoms with Crippen LogP contribution in [-0.2, 0) is 16.0 Å². The third-order valence-electron chi connectivity index (χ3n) is 5.67. The van der Waals surface area contributed by atoms with Crippen LogP contribution in [0.1, 0.15) is 17.5 Å². The van der Waals surface area contributed by atoms with Crippen LogP contribution >= 0.6 is 23.2 Å². The van der Waals surface area contributed by atoms with Crippen molar-refractivity contribution in [3.63, 3.8) is 0 Å². The van der Waals surface area contributed by atoms with Crippen LogP contribution in [-0.4, -0.2) is 47.7 Å². The maximum Gasteiger partial charge on any atom is 0.471 e. The molecule has 1 aliphatic carbocycles. The number of aliphatic hydroxyl groups excluding tert-OH is 1. The van der Waals surface area contributed by atoms with Gasteiger partial charge in [0.15, 0.2) is 0 Å². The summed E-state index contributed by atoms with van der Waals surface area (Å²) in [4.78, 5) is 24.8. The number of anilines is 1. The van der Waals surface area contributed by atoms with Crippen molar-refractivity contribution in [1.82, 2.24) is 4.90 Å². The van der Waals surface area contributed by atoms with Crippen LogP contribution in [0.2, 0.25) is 10.0 Å². The minimum absolute atomic E-state index is 0.00469. The van der Waals surface area contributed by atoms with Crippen molar-refractivity contribution < 1.29 is 27.9 Å². The number of fused-ring (bicyclic) bond motifs is 2. The van der Waals surface area contributed by atoms with Gasteiger partial charge in [-0.25, -0.2) is 0 Å². The molecule has 0 fully saturated rings. The largest absolute Gasteiger partial charge is 0.471 e. The number of rotatable bonds is 3. The zero-order valence-corrected chi connectivity index (χ0v) is 18.0. The fourth-order valence-electron chi connectivity index (χ4n) is 4.13. The molecule has 0 saturated carbocycles. The van der Waals surface area contributed by atoms with Gasteiger partial charge in [-0.2, -0.15) is 13.2 Å². The number of nitrogens with one attached hydrogen (secondary N) is 1. The molecule has 2 N–H and O–H groups in total. The van der Waals surface area contributed by atoms with E-state index < -0.39 is 18.7 Å². The van der Waals surface area contributed by atoms with E-state index in [0.29, 0.717) is 41.5 Å². The van der Waals surface area contributed by atoms with Gasteiger partial charge in [0, 0.05) is 18.8 Å². The Hall–Kier alpha value is -2.55. The summed E-state index contributed by atoms with van der Waals surface area (Å²) in [6.45, 7) is 0.252. The summed E-state index contributed by atoms with van der Waals surface area (Å²) in [6, 6.07) is 7.61. The van der Waals surface area contributed by atoms with Crippen molar-refractivity contribution in [1.29, 1.82) is 0 Å². The number of hydrogen-bond acceptors (Lipinski definition) is 3. The van der Waals surface area contributed by atoms with E-state index in [-0.39, 0.29) is 11.6 Å². The molecular formula is C22H17Cl2F3N2O3. The Bertz CT molecular complexity index is 1140. The van der Waals surface area contributed by atoms with Crippen molar-refractivity contribution in [2.24, 2.45) is 0 Å². The van der Waals surface area contributed by atoms with Crippen molar-refractivity contribution in [3.05, 3.63) is 57.1 Å². The summed E-state index contributed by atoms with van der Waals surface area (Å²) in [5.41, 5.74) is 5.17. The number of alkyl halides is 3. The lowest BCUT2D eigenvalue weighted by Crippen LogP contribution is -2.37.